The molecule has 0 N–H and O–H groups in total. The quantitative estimate of drug-likeness (QED) is 0.811. The zero-order valence-corrected chi connectivity index (χ0v) is 11.9. The van der Waals surface area contributed by atoms with Crippen molar-refractivity contribution in [1.82, 2.24) is 0 Å². The number of carbonyl (C=O) groups is 1. The second kappa shape index (κ2) is 5.62. The van der Waals surface area contributed by atoms with Crippen molar-refractivity contribution in [1.29, 1.82) is 0 Å². The molecule has 102 valence electrons. The lowest BCUT2D eigenvalue weighted by Crippen LogP contribution is -2.20. The van der Waals surface area contributed by atoms with Gasteiger partial charge in [0.1, 0.15) is 5.78 Å². The molecule has 0 saturated heterocycles. The van der Waals surface area contributed by atoms with Gasteiger partial charge in [0, 0.05) is 12.3 Å². The minimum absolute atomic E-state index is 0.0968. The summed E-state index contributed by atoms with van der Waals surface area (Å²) in [7, 11) is 0. The predicted octanol–water partition coefficient (Wildman–Crippen LogP) is 4.23. The Morgan fingerprint density at radius 3 is 2.70 bits per heavy atom. The van der Waals surface area contributed by atoms with E-state index in [4.69, 9.17) is 0 Å². The van der Waals surface area contributed by atoms with Crippen LogP contribution in [0.3, 0.4) is 0 Å². The first kappa shape index (κ1) is 13.1. The molecule has 0 aliphatic heterocycles. The standard InChI is InChI=1S/C19H20O/c1-14-7-2-3-9-16(14)13-19(20)18-12-6-10-15-8-4-5-11-17(15)18/h2-5,7-9,11,18H,6,10,12-13H2,1H3. The lowest BCUT2D eigenvalue weighted by Gasteiger charge is -2.24. The SMILES string of the molecule is Cc1ccccc1CC(=O)C1CCCc2ccccc21. The summed E-state index contributed by atoms with van der Waals surface area (Å²) in [6, 6.07) is 16.6. The normalized spacial score (nSPS) is 17.6. The highest BCUT2D eigenvalue weighted by Crippen LogP contribution is 2.33. The molecular formula is C19H20O. The van der Waals surface area contributed by atoms with Crippen molar-refractivity contribution in [2.45, 2.75) is 38.5 Å². The number of rotatable bonds is 3. The van der Waals surface area contributed by atoms with Crippen molar-refractivity contribution in [3.8, 4) is 0 Å². The van der Waals surface area contributed by atoms with Crippen LogP contribution < -0.4 is 0 Å². The highest BCUT2D eigenvalue weighted by Gasteiger charge is 2.26. The first-order valence-corrected chi connectivity index (χ1v) is 7.41. The molecule has 0 amide bonds. The molecule has 0 fully saturated rings. The molecule has 20 heavy (non-hydrogen) atoms. The number of fused-ring (bicyclic) bond motifs is 1. The summed E-state index contributed by atoms with van der Waals surface area (Å²) in [5.74, 6) is 0.464. The monoisotopic (exact) mass is 264 g/mol. The van der Waals surface area contributed by atoms with Gasteiger partial charge in [-0.25, -0.2) is 0 Å². The third-order valence-electron chi connectivity index (χ3n) is 4.38. The maximum absolute atomic E-state index is 12.7. The van der Waals surface area contributed by atoms with Crippen LogP contribution in [0.2, 0.25) is 0 Å². The molecular weight excluding hydrogens is 244 g/mol. The maximum Gasteiger partial charge on any atom is 0.144 e. The fourth-order valence-corrected chi connectivity index (χ4v) is 3.21. The van der Waals surface area contributed by atoms with Gasteiger partial charge in [0.15, 0.2) is 0 Å². The molecule has 2 aromatic rings. The van der Waals surface area contributed by atoms with E-state index in [9.17, 15) is 4.79 Å². The van der Waals surface area contributed by atoms with Crippen molar-refractivity contribution < 1.29 is 4.79 Å². The Morgan fingerprint density at radius 1 is 1.10 bits per heavy atom. The fraction of sp³-hybridized carbons (Fsp3) is 0.316. The van der Waals surface area contributed by atoms with Crippen LogP contribution in [0.5, 0.6) is 0 Å². The number of aryl methyl sites for hydroxylation is 2. The smallest absolute Gasteiger partial charge is 0.144 e. The summed E-state index contributed by atoms with van der Waals surface area (Å²) < 4.78 is 0. The zero-order chi connectivity index (χ0) is 13.9. The Kier molecular flexibility index (Phi) is 3.68. The molecule has 1 aliphatic rings. The number of carbonyl (C=O) groups excluding carboxylic acids is 1. The van der Waals surface area contributed by atoms with Gasteiger partial charge < -0.3 is 0 Å². The molecule has 1 atom stereocenters. The average molecular weight is 264 g/mol. The van der Waals surface area contributed by atoms with Gasteiger partial charge in [-0.1, -0.05) is 48.5 Å². The van der Waals surface area contributed by atoms with Crippen LogP contribution >= 0.6 is 0 Å². The summed E-state index contributed by atoms with van der Waals surface area (Å²) in [6.07, 6.45) is 3.80. The zero-order valence-electron chi connectivity index (χ0n) is 11.9. The largest absolute Gasteiger partial charge is 0.299 e. The molecule has 1 heteroatoms. The van der Waals surface area contributed by atoms with Gasteiger partial charge >= 0.3 is 0 Å². The third-order valence-corrected chi connectivity index (χ3v) is 4.38. The van der Waals surface area contributed by atoms with Gasteiger partial charge in [0.2, 0.25) is 0 Å². The van der Waals surface area contributed by atoms with E-state index in [1.807, 2.05) is 12.1 Å². The molecule has 0 heterocycles. The Hall–Kier alpha value is -1.89. The topological polar surface area (TPSA) is 17.1 Å². The summed E-state index contributed by atoms with van der Waals surface area (Å²) in [5.41, 5.74) is 5.00. The van der Waals surface area contributed by atoms with E-state index in [1.165, 1.54) is 22.3 Å². The van der Waals surface area contributed by atoms with Crippen LogP contribution in [0.25, 0.3) is 0 Å². The molecule has 0 bridgehead atoms. The van der Waals surface area contributed by atoms with Crippen molar-refractivity contribution in [2.24, 2.45) is 0 Å². The van der Waals surface area contributed by atoms with Crippen molar-refractivity contribution >= 4 is 5.78 Å². The molecule has 3 rings (SSSR count). The second-order valence-electron chi connectivity index (χ2n) is 5.71. The van der Waals surface area contributed by atoms with Crippen molar-refractivity contribution in [3.05, 3.63) is 70.8 Å². The summed E-state index contributed by atoms with van der Waals surface area (Å²) >= 11 is 0. The molecule has 0 spiro atoms. The Balaban J connectivity index is 1.84. The lowest BCUT2D eigenvalue weighted by atomic mass is 9.79. The lowest BCUT2D eigenvalue weighted by molar-refractivity contribution is -0.120. The molecule has 0 saturated carbocycles. The summed E-state index contributed by atoms with van der Waals surface area (Å²) in [4.78, 5) is 12.7. The first-order valence-electron chi connectivity index (χ1n) is 7.41. The van der Waals surface area contributed by atoms with Gasteiger partial charge in [0.05, 0.1) is 0 Å². The van der Waals surface area contributed by atoms with Crippen molar-refractivity contribution in [2.75, 3.05) is 0 Å². The van der Waals surface area contributed by atoms with Crippen LogP contribution in [0.15, 0.2) is 48.5 Å². The second-order valence-corrected chi connectivity index (χ2v) is 5.71. The Morgan fingerprint density at radius 2 is 1.85 bits per heavy atom. The number of ketones is 1. The number of Topliss-reactive ketones (excluding diaryl/α,β-unsaturated/α-hetero) is 1. The van der Waals surface area contributed by atoms with Crippen LogP contribution in [0.1, 0.15) is 41.0 Å². The summed E-state index contributed by atoms with van der Waals surface area (Å²) in [5, 5.41) is 0. The van der Waals surface area contributed by atoms with E-state index in [2.05, 4.69) is 43.3 Å². The number of benzene rings is 2. The van der Waals surface area contributed by atoms with Crippen LogP contribution in [-0.2, 0) is 17.6 Å². The Labute approximate surface area is 120 Å². The van der Waals surface area contributed by atoms with E-state index in [1.54, 1.807) is 0 Å². The fourth-order valence-electron chi connectivity index (χ4n) is 3.21. The van der Waals surface area contributed by atoms with Gasteiger partial charge in [-0.15, -0.1) is 0 Å². The van der Waals surface area contributed by atoms with Crippen LogP contribution in [-0.4, -0.2) is 5.78 Å². The van der Waals surface area contributed by atoms with Gasteiger partial charge in [-0.3, -0.25) is 4.79 Å². The van der Waals surface area contributed by atoms with E-state index >= 15 is 0 Å². The van der Waals surface area contributed by atoms with E-state index in [-0.39, 0.29) is 5.92 Å². The molecule has 1 unspecified atom stereocenters. The highest BCUT2D eigenvalue weighted by atomic mass is 16.1. The van der Waals surface area contributed by atoms with E-state index in [0.29, 0.717) is 12.2 Å². The van der Waals surface area contributed by atoms with Gasteiger partial charge in [-0.2, -0.15) is 0 Å². The molecule has 0 radical (unpaired) electrons. The maximum atomic E-state index is 12.7. The van der Waals surface area contributed by atoms with E-state index < -0.39 is 0 Å². The minimum Gasteiger partial charge on any atom is -0.299 e. The average Bonchev–Trinajstić information content (AvgIpc) is 2.49. The van der Waals surface area contributed by atoms with Crippen LogP contribution in [0.4, 0.5) is 0 Å². The predicted molar refractivity (Wildman–Crippen MR) is 82.0 cm³/mol. The molecule has 0 aromatic heterocycles. The number of hydrogen-bond donors (Lipinski definition) is 0. The molecule has 1 nitrogen and oxygen atoms in total. The van der Waals surface area contributed by atoms with Gasteiger partial charge in [0.25, 0.3) is 0 Å². The van der Waals surface area contributed by atoms with E-state index in [0.717, 1.165) is 19.3 Å². The van der Waals surface area contributed by atoms with Crippen molar-refractivity contribution in [3.63, 3.8) is 0 Å². The Bertz CT molecular complexity index is 627. The minimum atomic E-state index is 0.0968. The summed E-state index contributed by atoms with van der Waals surface area (Å²) in [6.45, 7) is 2.08. The third kappa shape index (κ3) is 2.53. The van der Waals surface area contributed by atoms with Gasteiger partial charge in [-0.05, 0) is 48.4 Å². The van der Waals surface area contributed by atoms with Crippen LogP contribution in [0, 0.1) is 6.92 Å². The molecule has 2 aromatic carbocycles. The highest BCUT2D eigenvalue weighted by molar-refractivity contribution is 5.88. The first-order chi connectivity index (χ1) is 9.75. The number of hydrogen-bond acceptors (Lipinski definition) is 1. The molecule has 1 aliphatic carbocycles.